The van der Waals surface area contributed by atoms with Gasteiger partial charge in [0.05, 0.1) is 0 Å². The standard InChI is InChI=1S/C17H27FN6O/c18-15-12-24(17(25)22-16(15)21)14-5-3-13(4-6-14)11-23(9-1-7-19)10-2-8-20/h3-6,12,17,25H,1-2,7-11,19-20H2,(H2,21,22). The molecule has 0 spiro atoms. The maximum atomic E-state index is 13.6. The minimum Gasteiger partial charge on any atom is -0.381 e. The van der Waals surface area contributed by atoms with E-state index < -0.39 is 12.2 Å². The molecule has 0 bridgehead atoms. The molecular weight excluding hydrogens is 323 g/mol. The average molecular weight is 350 g/mol. The average Bonchev–Trinajstić information content (AvgIpc) is 2.61. The molecule has 0 fully saturated rings. The molecule has 1 aliphatic rings. The van der Waals surface area contributed by atoms with Gasteiger partial charge in [-0.1, -0.05) is 12.1 Å². The third kappa shape index (κ3) is 5.50. The van der Waals surface area contributed by atoms with Crippen molar-refractivity contribution in [3.05, 3.63) is 41.9 Å². The van der Waals surface area contributed by atoms with Crippen LogP contribution in [-0.4, -0.2) is 48.4 Å². The number of aliphatic imine (C=N–C) groups is 1. The number of rotatable bonds is 9. The van der Waals surface area contributed by atoms with Crippen LogP contribution in [0.25, 0.3) is 0 Å². The van der Waals surface area contributed by atoms with Crippen molar-refractivity contribution < 1.29 is 9.50 Å². The van der Waals surface area contributed by atoms with E-state index >= 15 is 0 Å². The van der Waals surface area contributed by atoms with Crippen LogP contribution in [0, 0.1) is 0 Å². The predicted octanol–water partition coefficient (Wildman–Crippen LogP) is 0.450. The number of nitrogens with two attached hydrogens (primary N) is 3. The lowest BCUT2D eigenvalue weighted by Crippen LogP contribution is -2.36. The van der Waals surface area contributed by atoms with E-state index in [1.165, 1.54) is 4.90 Å². The summed E-state index contributed by atoms with van der Waals surface area (Å²) >= 11 is 0. The SMILES string of the molecule is NCCCN(CCCN)Cc1ccc(N2C=C(F)C(N)=NC2O)cc1. The highest BCUT2D eigenvalue weighted by atomic mass is 19.1. The zero-order valence-corrected chi connectivity index (χ0v) is 14.3. The zero-order chi connectivity index (χ0) is 18.2. The van der Waals surface area contributed by atoms with Crippen molar-refractivity contribution >= 4 is 11.5 Å². The smallest absolute Gasteiger partial charge is 0.231 e. The van der Waals surface area contributed by atoms with E-state index in [0.717, 1.165) is 44.2 Å². The van der Waals surface area contributed by atoms with Gasteiger partial charge in [-0.3, -0.25) is 4.90 Å². The van der Waals surface area contributed by atoms with Gasteiger partial charge in [-0.2, -0.15) is 0 Å². The lowest BCUT2D eigenvalue weighted by Gasteiger charge is -2.27. The summed E-state index contributed by atoms with van der Waals surface area (Å²) in [5.74, 6) is -0.958. The first kappa shape index (κ1) is 19.3. The van der Waals surface area contributed by atoms with E-state index in [4.69, 9.17) is 17.2 Å². The van der Waals surface area contributed by atoms with Gasteiger partial charge in [-0.05, 0) is 56.7 Å². The lowest BCUT2D eigenvalue weighted by molar-refractivity contribution is 0.186. The molecule has 0 saturated heterocycles. The van der Waals surface area contributed by atoms with Crippen LogP contribution < -0.4 is 22.1 Å². The number of nitrogens with zero attached hydrogens (tertiary/aromatic N) is 3. The van der Waals surface area contributed by atoms with E-state index in [1.54, 1.807) is 0 Å². The normalized spacial score (nSPS) is 17.6. The third-order valence-electron chi connectivity index (χ3n) is 4.00. The number of hydrogen-bond acceptors (Lipinski definition) is 7. The summed E-state index contributed by atoms with van der Waals surface area (Å²) in [5.41, 5.74) is 18.3. The molecule has 0 radical (unpaired) electrons. The minimum absolute atomic E-state index is 0.296. The maximum absolute atomic E-state index is 13.6. The molecule has 0 amide bonds. The van der Waals surface area contributed by atoms with Gasteiger partial charge in [0, 0.05) is 18.4 Å². The minimum atomic E-state index is -1.23. The van der Waals surface area contributed by atoms with Crippen LogP contribution in [0.3, 0.4) is 0 Å². The molecule has 0 aromatic heterocycles. The van der Waals surface area contributed by atoms with E-state index in [2.05, 4.69) is 9.89 Å². The molecule has 1 aromatic carbocycles. The summed E-state index contributed by atoms with van der Waals surface area (Å²) in [6.45, 7) is 3.95. The molecule has 138 valence electrons. The highest BCUT2D eigenvalue weighted by molar-refractivity contribution is 5.96. The molecule has 7 nitrogen and oxygen atoms in total. The Kier molecular flexibility index (Phi) is 7.32. The van der Waals surface area contributed by atoms with E-state index in [-0.39, 0.29) is 5.84 Å². The van der Waals surface area contributed by atoms with Crippen LogP contribution in [0.2, 0.25) is 0 Å². The Morgan fingerprint density at radius 3 is 2.28 bits per heavy atom. The van der Waals surface area contributed by atoms with Gasteiger partial charge < -0.3 is 27.2 Å². The summed E-state index contributed by atoms with van der Waals surface area (Å²) in [6, 6.07) is 7.55. The van der Waals surface area contributed by atoms with Crippen molar-refractivity contribution in [1.29, 1.82) is 0 Å². The number of benzene rings is 1. The second kappa shape index (κ2) is 9.47. The number of halogens is 1. The Morgan fingerprint density at radius 2 is 1.72 bits per heavy atom. The second-order valence-electron chi connectivity index (χ2n) is 5.97. The first-order valence-electron chi connectivity index (χ1n) is 8.44. The number of aliphatic hydroxyl groups is 1. The van der Waals surface area contributed by atoms with E-state index in [0.29, 0.717) is 18.8 Å². The number of hydrogen-bond donors (Lipinski definition) is 4. The number of anilines is 1. The van der Waals surface area contributed by atoms with Gasteiger partial charge in [-0.15, -0.1) is 0 Å². The molecule has 25 heavy (non-hydrogen) atoms. The lowest BCUT2D eigenvalue weighted by atomic mass is 10.1. The molecule has 1 atom stereocenters. The molecule has 1 unspecified atom stereocenters. The van der Waals surface area contributed by atoms with Gasteiger partial charge in [-0.25, -0.2) is 9.38 Å². The van der Waals surface area contributed by atoms with Gasteiger partial charge in [0.25, 0.3) is 0 Å². The van der Waals surface area contributed by atoms with Crippen LogP contribution >= 0.6 is 0 Å². The van der Waals surface area contributed by atoms with Crippen molar-refractivity contribution in [2.45, 2.75) is 25.7 Å². The van der Waals surface area contributed by atoms with Crippen molar-refractivity contribution in [3.63, 3.8) is 0 Å². The highest BCUT2D eigenvalue weighted by Gasteiger charge is 2.21. The van der Waals surface area contributed by atoms with Crippen LogP contribution in [-0.2, 0) is 6.54 Å². The summed E-state index contributed by atoms with van der Waals surface area (Å²) in [6.07, 6.45) is 1.80. The Labute approximate surface area is 147 Å². The van der Waals surface area contributed by atoms with Gasteiger partial charge in [0.2, 0.25) is 6.35 Å². The first-order chi connectivity index (χ1) is 12.0. The van der Waals surface area contributed by atoms with Gasteiger partial charge >= 0.3 is 0 Å². The van der Waals surface area contributed by atoms with Gasteiger partial charge in [0.1, 0.15) is 0 Å². The Balaban J connectivity index is 2.03. The monoisotopic (exact) mass is 350 g/mol. The van der Waals surface area contributed by atoms with Crippen LogP contribution in [0.5, 0.6) is 0 Å². The number of aliphatic hydroxyl groups excluding tert-OH is 1. The van der Waals surface area contributed by atoms with Crippen molar-refractivity contribution in [2.24, 2.45) is 22.2 Å². The Bertz CT molecular complexity index is 596. The summed E-state index contributed by atoms with van der Waals surface area (Å²) in [4.78, 5) is 7.30. The molecular formula is C17H27FN6O. The third-order valence-corrected chi connectivity index (χ3v) is 4.00. The summed E-state index contributed by atoms with van der Waals surface area (Å²) in [5, 5.41) is 9.93. The fourth-order valence-electron chi connectivity index (χ4n) is 2.64. The first-order valence-corrected chi connectivity index (χ1v) is 8.44. The Hall–Kier alpha value is -2.00. The number of amidine groups is 1. The molecule has 8 heteroatoms. The quantitative estimate of drug-likeness (QED) is 0.514. The van der Waals surface area contributed by atoms with Gasteiger partial charge in [0.15, 0.2) is 11.7 Å². The maximum Gasteiger partial charge on any atom is 0.231 e. The molecule has 0 aliphatic carbocycles. The van der Waals surface area contributed by atoms with Crippen LogP contribution in [0.4, 0.5) is 10.1 Å². The predicted molar refractivity (Wildman–Crippen MR) is 98.4 cm³/mol. The molecule has 1 aromatic rings. The van der Waals surface area contributed by atoms with Crippen molar-refractivity contribution in [2.75, 3.05) is 31.1 Å². The van der Waals surface area contributed by atoms with Crippen molar-refractivity contribution in [3.8, 4) is 0 Å². The molecule has 1 aliphatic heterocycles. The van der Waals surface area contributed by atoms with Crippen LogP contribution in [0.15, 0.2) is 41.3 Å². The molecule has 2 rings (SSSR count). The molecule has 0 saturated carbocycles. The highest BCUT2D eigenvalue weighted by Crippen LogP contribution is 2.23. The van der Waals surface area contributed by atoms with Crippen LogP contribution in [0.1, 0.15) is 18.4 Å². The van der Waals surface area contributed by atoms with E-state index in [9.17, 15) is 9.50 Å². The van der Waals surface area contributed by atoms with E-state index in [1.807, 2.05) is 24.3 Å². The Morgan fingerprint density at radius 1 is 1.12 bits per heavy atom. The fraction of sp³-hybridized carbons (Fsp3) is 0.471. The summed E-state index contributed by atoms with van der Waals surface area (Å²) in [7, 11) is 0. The second-order valence-corrected chi connectivity index (χ2v) is 5.97. The fourth-order valence-corrected chi connectivity index (χ4v) is 2.64. The zero-order valence-electron chi connectivity index (χ0n) is 14.3. The summed E-state index contributed by atoms with van der Waals surface area (Å²) < 4.78 is 13.6. The topological polar surface area (TPSA) is 117 Å². The van der Waals surface area contributed by atoms with Crippen molar-refractivity contribution in [1.82, 2.24) is 4.90 Å². The largest absolute Gasteiger partial charge is 0.381 e. The molecule has 1 heterocycles. The molecule has 7 N–H and O–H groups in total.